The summed E-state index contributed by atoms with van der Waals surface area (Å²) in [5.41, 5.74) is 0. The molecular formula is C9H18O3Si. The summed E-state index contributed by atoms with van der Waals surface area (Å²) in [6.45, 7) is 8.43. The molecule has 0 aliphatic heterocycles. The lowest BCUT2D eigenvalue weighted by molar-refractivity contribution is -0.143. The zero-order valence-electron chi connectivity index (χ0n) is 8.96. The molecule has 1 aliphatic carbocycles. The van der Waals surface area contributed by atoms with E-state index in [-0.39, 0.29) is 18.0 Å². The Hall–Kier alpha value is -0.353. The molecule has 0 N–H and O–H groups in total. The van der Waals surface area contributed by atoms with E-state index in [1.165, 1.54) is 7.11 Å². The molecular weight excluding hydrogens is 184 g/mol. The summed E-state index contributed by atoms with van der Waals surface area (Å²) in [6.07, 6.45) is 0.110. The van der Waals surface area contributed by atoms with Crippen LogP contribution in [-0.4, -0.2) is 27.5 Å². The lowest BCUT2D eigenvalue weighted by Gasteiger charge is -2.16. The van der Waals surface area contributed by atoms with Crippen molar-refractivity contribution in [2.75, 3.05) is 7.11 Å². The molecule has 0 heterocycles. The molecule has 13 heavy (non-hydrogen) atoms. The summed E-state index contributed by atoms with van der Waals surface area (Å²) in [4.78, 5) is 11.2. The third kappa shape index (κ3) is 2.54. The van der Waals surface area contributed by atoms with E-state index in [0.29, 0.717) is 5.92 Å². The van der Waals surface area contributed by atoms with Gasteiger partial charge in [-0.3, -0.25) is 4.79 Å². The van der Waals surface area contributed by atoms with Gasteiger partial charge in [-0.15, -0.1) is 0 Å². The Balaban J connectivity index is 2.45. The quantitative estimate of drug-likeness (QED) is 0.515. The number of hydrogen-bond donors (Lipinski definition) is 0. The highest BCUT2D eigenvalue weighted by atomic mass is 28.4. The van der Waals surface area contributed by atoms with Crippen LogP contribution < -0.4 is 0 Å². The van der Waals surface area contributed by atoms with Gasteiger partial charge in [0.15, 0.2) is 8.32 Å². The van der Waals surface area contributed by atoms with E-state index < -0.39 is 8.32 Å². The van der Waals surface area contributed by atoms with Gasteiger partial charge in [-0.05, 0) is 25.6 Å². The smallest absolute Gasteiger partial charge is 0.311 e. The summed E-state index contributed by atoms with van der Waals surface area (Å²) in [6, 6.07) is 0. The highest BCUT2D eigenvalue weighted by Crippen LogP contribution is 2.43. The van der Waals surface area contributed by atoms with Crippen LogP contribution in [0.5, 0.6) is 0 Å². The number of rotatable bonds is 3. The first kappa shape index (κ1) is 10.7. The second kappa shape index (κ2) is 3.42. The second-order valence-electron chi connectivity index (χ2n) is 4.60. The molecule has 1 aliphatic rings. The van der Waals surface area contributed by atoms with Gasteiger partial charge < -0.3 is 9.16 Å². The van der Waals surface area contributed by atoms with E-state index in [4.69, 9.17) is 4.43 Å². The largest absolute Gasteiger partial charge is 0.469 e. The number of carbonyl (C=O) groups excluding carboxylic acids is 1. The van der Waals surface area contributed by atoms with E-state index in [2.05, 4.69) is 24.4 Å². The van der Waals surface area contributed by atoms with Crippen LogP contribution in [0.4, 0.5) is 0 Å². The van der Waals surface area contributed by atoms with Crippen LogP contribution >= 0.6 is 0 Å². The summed E-state index contributed by atoms with van der Waals surface area (Å²) >= 11 is 0. The van der Waals surface area contributed by atoms with Crippen LogP contribution in [0.15, 0.2) is 0 Å². The van der Waals surface area contributed by atoms with Crippen molar-refractivity contribution < 1.29 is 14.0 Å². The van der Waals surface area contributed by atoms with Gasteiger partial charge in [-0.2, -0.15) is 0 Å². The van der Waals surface area contributed by atoms with Crippen molar-refractivity contribution in [3.05, 3.63) is 0 Å². The maximum Gasteiger partial charge on any atom is 0.311 e. The molecule has 0 saturated heterocycles. The van der Waals surface area contributed by atoms with E-state index in [9.17, 15) is 4.79 Å². The van der Waals surface area contributed by atoms with E-state index >= 15 is 0 Å². The molecule has 0 aromatic carbocycles. The summed E-state index contributed by atoms with van der Waals surface area (Å²) in [7, 11) is -0.0783. The summed E-state index contributed by atoms with van der Waals surface area (Å²) < 4.78 is 10.5. The molecule has 0 bridgehead atoms. The molecule has 1 unspecified atom stereocenters. The topological polar surface area (TPSA) is 35.5 Å². The Morgan fingerprint density at radius 3 is 2.23 bits per heavy atom. The number of methoxy groups -OCH3 is 1. The molecule has 0 radical (unpaired) electrons. The van der Waals surface area contributed by atoms with Crippen LogP contribution in [0.1, 0.15) is 6.92 Å². The molecule has 1 saturated carbocycles. The van der Waals surface area contributed by atoms with Crippen molar-refractivity contribution in [3.63, 3.8) is 0 Å². The van der Waals surface area contributed by atoms with Gasteiger partial charge in [0.1, 0.15) is 0 Å². The molecule has 76 valence electrons. The van der Waals surface area contributed by atoms with Gasteiger partial charge >= 0.3 is 5.97 Å². The maximum atomic E-state index is 11.2. The van der Waals surface area contributed by atoms with Gasteiger partial charge in [0.25, 0.3) is 0 Å². The average molecular weight is 202 g/mol. The fraction of sp³-hybridized carbons (Fsp3) is 0.889. The highest BCUT2D eigenvalue weighted by molar-refractivity contribution is 6.69. The molecule has 1 fully saturated rings. The molecule has 1 rings (SSSR count). The Kier molecular flexibility index (Phi) is 2.82. The van der Waals surface area contributed by atoms with E-state index in [1.54, 1.807) is 0 Å². The van der Waals surface area contributed by atoms with Gasteiger partial charge in [-0.25, -0.2) is 0 Å². The van der Waals surface area contributed by atoms with Crippen molar-refractivity contribution in [2.45, 2.75) is 32.7 Å². The van der Waals surface area contributed by atoms with E-state index in [1.807, 2.05) is 6.92 Å². The lowest BCUT2D eigenvalue weighted by atomic mass is 10.3. The van der Waals surface area contributed by atoms with E-state index in [0.717, 1.165) is 0 Å². The number of ether oxygens (including phenoxy) is 1. The molecule has 0 aromatic rings. The van der Waals surface area contributed by atoms with Crippen LogP contribution in [0, 0.1) is 11.8 Å². The molecule has 0 spiro atoms. The van der Waals surface area contributed by atoms with Crippen molar-refractivity contribution in [1.82, 2.24) is 0 Å². The highest BCUT2D eigenvalue weighted by Gasteiger charge is 2.54. The minimum Gasteiger partial charge on any atom is -0.469 e. The Morgan fingerprint density at radius 1 is 1.31 bits per heavy atom. The van der Waals surface area contributed by atoms with Gasteiger partial charge in [0.2, 0.25) is 0 Å². The predicted molar refractivity (Wildman–Crippen MR) is 52.9 cm³/mol. The zero-order chi connectivity index (χ0) is 10.2. The van der Waals surface area contributed by atoms with Crippen LogP contribution in [0.25, 0.3) is 0 Å². The normalized spacial score (nSPS) is 32.8. The third-order valence-corrected chi connectivity index (χ3v) is 3.24. The summed E-state index contributed by atoms with van der Waals surface area (Å²) in [5, 5.41) is 0. The third-order valence-electron chi connectivity index (χ3n) is 2.26. The minimum atomic E-state index is -1.51. The fourth-order valence-corrected chi connectivity index (χ4v) is 2.68. The van der Waals surface area contributed by atoms with Crippen LogP contribution in [0.2, 0.25) is 19.6 Å². The number of esters is 1. The first-order valence-electron chi connectivity index (χ1n) is 4.62. The van der Waals surface area contributed by atoms with Gasteiger partial charge in [0, 0.05) is 0 Å². The molecule has 4 heteroatoms. The summed E-state index contributed by atoms with van der Waals surface area (Å²) in [5.74, 6) is 0.187. The first-order chi connectivity index (χ1) is 5.87. The second-order valence-corrected chi connectivity index (χ2v) is 9.06. The first-order valence-corrected chi connectivity index (χ1v) is 8.03. The standard InChI is InChI=1S/C9H18O3Si/c1-6-7(9(10)11-2)8(6)12-13(3,4)5/h6-8H,1-5H3/t6-,7?,8-/m0/s1. The lowest BCUT2D eigenvalue weighted by Crippen LogP contribution is -2.28. The monoisotopic (exact) mass is 202 g/mol. The van der Waals surface area contributed by atoms with Crippen LogP contribution in [0.3, 0.4) is 0 Å². The SMILES string of the molecule is COC(=O)C1[C@@H](O[Si](C)(C)C)[C@H]1C. The fourth-order valence-electron chi connectivity index (χ4n) is 1.50. The zero-order valence-corrected chi connectivity index (χ0v) is 9.96. The van der Waals surface area contributed by atoms with Crippen molar-refractivity contribution in [1.29, 1.82) is 0 Å². The average Bonchev–Trinajstić information content (AvgIpc) is 2.57. The Morgan fingerprint density at radius 2 is 1.85 bits per heavy atom. The van der Waals surface area contributed by atoms with Crippen molar-refractivity contribution >= 4 is 14.3 Å². The molecule has 3 atom stereocenters. The van der Waals surface area contributed by atoms with Gasteiger partial charge in [0.05, 0.1) is 19.1 Å². The Bertz CT molecular complexity index is 209. The predicted octanol–water partition coefficient (Wildman–Crippen LogP) is 1.65. The number of carbonyl (C=O) groups is 1. The minimum absolute atomic E-state index is 0.0169. The number of hydrogen-bond acceptors (Lipinski definition) is 3. The van der Waals surface area contributed by atoms with Crippen molar-refractivity contribution in [2.24, 2.45) is 11.8 Å². The molecule has 3 nitrogen and oxygen atoms in total. The van der Waals surface area contributed by atoms with Gasteiger partial charge in [-0.1, -0.05) is 6.92 Å². The molecule has 0 aromatic heterocycles. The molecule has 0 amide bonds. The maximum absolute atomic E-state index is 11.2. The van der Waals surface area contributed by atoms with Crippen molar-refractivity contribution in [3.8, 4) is 0 Å². The van der Waals surface area contributed by atoms with Crippen LogP contribution in [-0.2, 0) is 14.0 Å². The Labute approximate surface area is 80.5 Å².